The molecule has 3 rings (SSSR count). The molecule has 2 fully saturated rings. The SMILES string of the molecule is Cc1cc(C(=O)N2CCC3(CC2)CC(CCO)CCO3)n(C)n1. The number of piperidine rings is 1. The second-order valence-corrected chi connectivity index (χ2v) is 6.99. The van der Waals surface area contributed by atoms with Gasteiger partial charge in [-0.2, -0.15) is 5.10 Å². The van der Waals surface area contributed by atoms with E-state index in [0.29, 0.717) is 11.6 Å². The van der Waals surface area contributed by atoms with Crippen LogP contribution in [0.15, 0.2) is 6.07 Å². The lowest BCUT2D eigenvalue weighted by Crippen LogP contribution is -2.51. The first-order valence-electron chi connectivity index (χ1n) is 8.58. The molecule has 2 aliphatic rings. The van der Waals surface area contributed by atoms with Crippen LogP contribution in [0.2, 0.25) is 0 Å². The van der Waals surface area contributed by atoms with Gasteiger partial charge in [0.25, 0.3) is 5.91 Å². The monoisotopic (exact) mass is 321 g/mol. The Hall–Kier alpha value is -1.40. The van der Waals surface area contributed by atoms with Crippen molar-refractivity contribution in [1.29, 1.82) is 0 Å². The molecule has 1 atom stereocenters. The van der Waals surface area contributed by atoms with Crippen LogP contribution in [-0.2, 0) is 11.8 Å². The van der Waals surface area contributed by atoms with Crippen molar-refractivity contribution in [2.24, 2.45) is 13.0 Å². The van der Waals surface area contributed by atoms with Gasteiger partial charge in [0.15, 0.2) is 0 Å². The van der Waals surface area contributed by atoms with Crippen LogP contribution in [0.25, 0.3) is 0 Å². The summed E-state index contributed by atoms with van der Waals surface area (Å²) in [6, 6.07) is 1.85. The number of ether oxygens (including phenoxy) is 1. The number of likely N-dealkylation sites (tertiary alicyclic amines) is 1. The van der Waals surface area contributed by atoms with Crippen LogP contribution in [0.5, 0.6) is 0 Å². The van der Waals surface area contributed by atoms with Crippen molar-refractivity contribution >= 4 is 5.91 Å². The standard InChI is InChI=1S/C17H27N3O3/c1-13-11-15(19(2)18-13)16(22)20-7-5-17(6-8-20)12-14(3-9-21)4-10-23-17/h11,14,21H,3-10,12H2,1-2H3. The van der Waals surface area contributed by atoms with Crippen molar-refractivity contribution in [3.8, 4) is 0 Å². The van der Waals surface area contributed by atoms with Crippen molar-refractivity contribution in [3.05, 3.63) is 17.5 Å². The highest BCUT2D eigenvalue weighted by Gasteiger charge is 2.41. The van der Waals surface area contributed by atoms with Crippen LogP contribution in [0.4, 0.5) is 0 Å². The maximum absolute atomic E-state index is 12.7. The largest absolute Gasteiger partial charge is 0.396 e. The molecule has 128 valence electrons. The lowest BCUT2D eigenvalue weighted by atomic mass is 9.78. The normalized spacial score (nSPS) is 24.1. The molecular formula is C17H27N3O3. The Morgan fingerprint density at radius 3 is 2.83 bits per heavy atom. The predicted molar refractivity (Wildman–Crippen MR) is 86.2 cm³/mol. The molecule has 1 N–H and O–H groups in total. The number of carbonyl (C=O) groups is 1. The number of aromatic nitrogens is 2. The van der Waals surface area contributed by atoms with Crippen molar-refractivity contribution in [1.82, 2.24) is 14.7 Å². The van der Waals surface area contributed by atoms with E-state index < -0.39 is 0 Å². The number of nitrogens with zero attached hydrogens (tertiary/aromatic N) is 3. The number of aliphatic hydroxyl groups excluding tert-OH is 1. The first kappa shape index (κ1) is 16.5. The highest BCUT2D eigenvalue weighted by Crippen LogP contribution is 2.38. The summed E-state index contributed by atoms with van der Waals surface area (Å²) in [7, 11) is 1.81. The molecule has 3 heterocycles. The number of aliphatic hydroxyl groups is 1. The molecule has 0 radical (unpaired) electrons. The predicted octanol–water partition coefficient (Wildman–Crippen LogP) is 1.51. The third-order valence-electron chi connectivity index (χ3n) is 5.32. The topological polar surface area (TPSA) is 67.6 Å². The van der Waals surface area contributed by atoms with E-state index in [9.17, 15) is 9.90 Å². The number of rotatable bonds is 3. The zero-order chi connectivity index (χ0) is 16.4. The van der Waals surface area contributed by atoms with E-state index in [1.807, 2.05) is 24.9 Å². The van der Waals surface area contributed by atoms with Crippen molar-refractivity contribution < 1.29 is 14.6 Å². The van der Waals surface area contributed by atoms with Crippen molar-refractivity contribution in [2.75, 3.05) is 26.3 Å². The lowest BCUT2D eigenvalue weighted by Gasteiger charge is -2.46. The third-order valence-corrected chi connectivity index (χ3v) is 5.32. The summed E-state index contributed by atoms with van der Waals surface area (Å²) in [6.07, 6.45) is 4.69. The highest BCUT2D eigenvalue weighted by atomic mass is 16.5. The minimum atomic E-state index is -0.0861. The van der Waals surface area contributed by atoms with E-state index in [1.165, 1.54) is 0 Å². The Morgan fingerprint density at radius 1 is 1.48 bits per heavy atom. The summed E-state index contributed by atoms with van der Waals surface area (Å²) in [5.41, 5.74) is 1.44. The summed E-state index contributed by atoms with van der Waals surface area (Å²) in [6.45, 7) is 4.40. The second kappa shape index (κ2) is 6.61. The molecule has 1 amide bonds. The van der Waals surface area contributed by atoms with E-state index in [-0.39, 0.29) is 18.1 Å². The Kier molecular flexibility index (Phi) is 4.73. The van der Waals surface area contributed by atoms with Crippen LogP contribution >= 0.6 is 0 Å². The van der Waals surface area contributed by atoms with E-state index >= 15 is 0 Å². The van der Waals surface area contributed by atoms with E-state index in [1.54, 1.807) is 4.68 Å². The number of amides is 1. The van der Waals surface area contributed by atoms with E-state index in [0.717, 1.165) is 57.5 Å². The average Bonchev–Trinajstić information content (AvgIpc) is 2.86. The summed E-state index contributed by atoms with van der Waals surface area (Å²) in [5, 5.41) is 13.4. The molecule has 1 aromatic rings. The van der Waals surface area contributed by atoms with Crippen molar-refractivity contribution in [3.63, 3.8) is 0 Å². The molecule has 2 aliphatic heterocycles. The van der Waals surface area contributed by atoms with Crippen LogP contribution in [0.1, 0.15) is 48.3 Å². The van der Waals surface area contributed by atoms with Crippen LogP contribution in [0, 0.1) is 12.8 Å². The van der Waals surface area contributed by atoms with Crippen LogP contribution in [-0.4, -0.2) is 57.6 Å². The molecule has 0 saturated carbocycles. The summed E-state index contributed by atoms with van der Waals surface area (Å²) in [4.78, 5) is 14.6. The molecule has 6 heteroatoms. The van der Waals surface area contributed by atoms with Gasteiger partial charge in [0.1, 0.15) is 5.69 Å². The Balaban J connectivity index is 1.62. The van der Waals surface area contributed by atoms with Gasteiger partial charge in [-0.3, -0.25) is 9.48 Å². The third kappa shape index (κ3) is 3.43. The van der Waals surface area contributed by atoms with Gasteiger partial charge in [-0.1, -0.05) is 0 Å². The molecular weight excluding hydrogens is 294 g/mol. The van der Waals surface area contributed by atoms with Gasteiger partial charge in [0.2, 0.25) is 0 Å². The quantitative estimate of drug-likeness (QED) is 0.916. The maximum Gasteiger partial charge on any atom is 0.272 e. The van der Waals surface area contributed by atoms with Gasteiger partial charge in [-0.05, 0) is 51.0 Å². The molecule has 0 aliphatic carbocycles. The second-order valence-electron chi connectivity index (χ2n) is 6.99. The number of hydrogen-bond donors (Lipinski definition) is 1. The summed E-state index contributed by atoms with van der Waals surface area (Å²) >= 11 is 0. The van der Waals surface area contributed by atoms with Gasteiger partial charge >= 0.3 is 0 Å². The minimum absolute atomic E-state index is 0.0608. The summed E-state index contributed by atoms with van der Waals surface area (Å²) < 4.78 is 7.77. The smallest absolute Gasteiger partial charge is 0.272 e. The first-order valence-corrected chi connectivity index (χ1v) is 8.58. The number of aryl methyl sites for hydroxylation is 2. The first-order chi connectivity index (χ1) is 11.0. The van der Waals surface area contributed by atoms with Gasteiger partial charge in [-0.15, -0.1) is 0 Å². The average molecular weight is 321 g/mol. The van der Waals surface area contributed by atoms with Gasteiger partial charge in [0.05, 0.1) is 11.3 Å². The van der Waals surface area contributed by atoms with Gasteiger partial charge in [0, 0.05) is 33.4 Å². The molecule has 1 unspecified atom stereocenters. The molecule has 0 aromatic carbocycles. The number of carbonyl (C=O) groups excluding carboxylic acids is 1. The van der Waals surface area contributed by atoms with Gasteiger partial charge < -0.3 is 14.7 Å². The maximum atomic E-state index is 12.7. The highest BCUT2D eigenvalue weighted by molar-refractivity contribution is 5.92. The molecule has 6 nitrogen and oxygen atoms in total. The van der Waals surface area contributed by atoms with Gasteiger partial charge in [-0.25, -0.2) is 0 Å². The molecule has 2 saturated heterocycles. The van der Waals surface area contributed by atoms with Crippen LogP contribution < -0.4 is 0 Å². The minimum Gasteiger partial charge on any atom is -0.396 e. The van der Waals surface area contributed by atoms with E-state index in [4.69, 9.17) is 4.74 Å². The zero-order valence-electron chi connectivity index (χ0n) is 14.1. The summed E-state index contributed by atoms with van der Waals surface area (Å²) in [5.74, 6) is 0.612. The van der Waals surface area contributed by atoms with Crippen molar-refractivity contribution in [2.45, 2.75) is 44.6 Å². The fraction of sp³-hybridized carbons (Fsp3) is 0.765. The Bertz CT molecular complexity index is 559. The van der Waals surface area contributed by atoms with E-state index in [2.05, 4.69) is 5.10 Å². The fourth-order valence-electron chi connectivity index (χ4n) is 4.00. The Morgan fingerprint density at radius 2 is 2.22 bits per heavy atom. The molecule has 1 spiro atoms. The molecule has 23 heavy (non-hydrogen) atoms. The lowest BCUT2D eigenvalue weighted by molar-refractivity contribution is -0.125. The van der Waals surface area contributed by atoms with Crippen LogP contribution in [0.3, 0.4) is 0 Å². The number of hydrogen-bond acceptors (Lipinski definition) is 4. The molecule has 0 bridgehead atoms. The zero-order valence-corrected chi connectivity index (χ0v) is 14.1. The Labute approximate surface area is 137 Å². The molecule has 1 aromatic heterocycles. The fourth-order valence-corrected chi connectivity index (χ4v) is 4.00.